The maximum absolute atomic E-state index is 11.9. The molecule has 1 N–H and O–H groups in total. The number of nitrogens with zero attached hydrogens (tertiary/aromatic N) is 2. The summed E-state index contributed by atoms with van der Waals surface area (Å²) in [5.41, 5.74) is 3.67. The number of hydrogen-bond acceptors (Lipinski definition) is 3. The highest BCUT2D eigenvalue weighted by Crippen LogP contribution is 2.29. The molecule has 3 rings (SSSR count). The fourth-order valence-electron chi connectivity index (χ4n) is 3.16. The van der Waals surface area contributed by atoms with Gasteiger partial charge in [-0.25, -0.2) is 0 Å². The van der Waals surface area contributed by atoms with Crippen molar-refractivity contribution in [3.05, 3.63) is 29.3 Å². The van der Waals surface area contributed by atoms with Crippen molar-refractivity contribution < 1.29 is 4.79 Å². The van der Waals surface area contributed by atoms with Gasteiger partial charge >= 0.3 is 0 Å². The van der Waals surface area contributed by atoms with Gasteiger partial charge in [0.05, 0.1) is 6.42 Å². The Balaban J connectivity index is 1.64. The summed E-state index contributed by atoms with van der Waals surface area (Å²) in [6.07, 6.45) is 1.65. The normalized spacial score (nSPS) is 19.4. The lowest BCUT2D eigenvalue weighted by atomic mass is 10.1. The van der Waals surface area contributed by atoms with Gasteiger partial charge in [-0.15, -0.1) is 0 Å². The highest BCUT2D eigenvalue weighted by atomic mass is 16.2. The highest BCUT2D eigenvalue weighted by molar-refractivity contribution is 6.01. The number of rotatable bonds is 4. The number of carbonyl (C=O) groups excluding carboxylic acids is 1. The monoisotopic (exact) mass is 273 g/mol. The summed E-state index contributed by atoms with van der Waals surface area (Å²) in [5, 5.41) is 3.38. The summed E-state index contributed by atoms with van der Waals surface area (Å²) in [6.45, 7) is 8.41. The van der Waals surface area contributed by atoms with Crippen molar-refractivity contribution in [3.63, 3.8) is 0 Å². The number of carbonyl (C=O) groups is 1. The van der Waals surface area contributed by atoms with Crippen molar-refractivity contribution >= 4 is 11.6 Å². The zero-order valence-corrected chi connectivity index (χ0v) is 12.2. The van der Waals surface area contributed by atoms with E-state index in [4.69, 9.17) is 0 Å². The van der Waals surface area contributed by atoms with E-state index in [2.05, 4.69) is 28.4 Å². The minimum atomic E-state index is 0.238. The Morgan fingerprint density at radius 2 is 2.05 bits per heavy atom. The van der Waals surface area contributed by atoms with Gasteiger partial charge in [-0.05, 0) is 30.5 Å². The lowest BCUT2D eigenvalue weighted by Gasteiger charge is -2.27. The van der Waals surface area contributed by atoms with Crippen molar-refractivity contribution in [2.75, 3.05) is 44.2 Å². The van der Waals surface area contributed by atoms with Crippen LogP contribution in [0.25, 0.3) is 0 Å². The van der Waals surface area contributed by atoms with Gasteiger partial charge in [0.15, 0.2) is 0 Å². The van der Waals surface area contributed by atoms with E-state index in [1.807, 2.05) is 11.8 Å². The Kier molecular flexibility index (Phi) is 4.03. The van der Waals surface area contributed by atoms with Gasteiger partial charge in [0.1, 0.15) is 0 Å². The molecule has 4 heteroatoms. The second-order valence-corrected chi connectivity index (χ2v) is 5.62. The number of nitrogens with one attached hydrogen (secondary N) is 1. The second kappa shape index (κ2) is 5.94. The fourth-order valence-corrected chi connectivity index (χ4v) is 3.16. The fraction of sp³-hybridized carbons (Fsp3) is 0.562. The van der Waals surface area contributed by atoms with E-state index >= 15 is 0 Å². The molecule has 1 aromatic carbocycles. The van der Waals surface area contributed by atoms with Crippen LogP contribution in [-0.4, -0.2) is 50.1 Å². The van der Waals surface area contributed by atoms with Crippen LogP contribution >= 0.6 is 0 Å². The van der Waals surface area contributed by atoms with Crippen molar-refractivity contribution in [2.45, 2.75) is 19.8 Å². The summed E-state index contributed by atoms with van der Waals surface area (Å²) in [6, 6.07) is 6.53. The van der Waals surface area contributed by atoms with Crippen molar-refractivity contribution in [3.8, 4) is 0 Å². The van der Waals surface area contributed by atoms with Crippen LogP contribution in [0.3, 0.4) is 0 Å². The zero-order chi connectivity index (χ0) is 13.9. The standard InChI is InChI=1S/C16H23N3O/c1-2-19-15-4-3-13(11-14(15)12-16(19)20)5-8-18-9-6-17-7-10-18/h3-4,11,17H,2,5-10,12H2,1H3. The molecule has 0 spiro atoms. The van der Waals surface area contributed by atoms with Gasteiger partial charge < -0.3 is 15.1 Å². The van der Waals surface area contributed by atoms with Gasteiger partial charge in [-0.2, -0.15) is 0 Å². The number of amides is 1. The number of likely N-dealkylation sites (N-methyl/N-ethyl adjacent to an activating group) is 1. The first-order chi connectivity index (χ1) is 9.78. The van der Waals surface area contributed by atoms with Crippen LogP contribution in [0, 0.1) is 0 Å². The number of hydrogen-bond donors (Lipinski definition) is 1. The molecule has 0 aliphatic carbocycles. The highest BCUT2D eigenvalue weighted by Gasteiger charge is 2.25. The maximum Gasteiger partial charge on any atom is 0.231 e. The summed E-state index contributed by atoms with van der Waals surface area (Å²) in [7, 11) is 0. The third-order valence-electron chi connectivity index (χ3n) is 4.32. The third-order valence-corrected chi connectivity index (χ3v) is 4.32. The number of fused-ring (bicyclic) bond motifs is 1. The molecule has 108 valence electrons. The first-order valence-corrected chi connectivity index (χ1v) is 7.63. The van der Waals surface area contributed by atoms with Crippen LogP contribution in [0.15, 0.2) is 18.2 Å². The molecule has 1 aromatic rings. The minimum Gasteiger partial charge on any atom is -0.314 e. The Hall–Kier alpha value is -1.39. The quantitative estimate of drug-likeness (QED) is 0.890. The SMILES string of the molecule is CCN1C(=O)Cc2cc(CCN3CCNCC3)ccc21. The Morgan fingerprint density at radius 3 is 2.80 bits per heavy atom. The molecule has 2 heterocycles. The first kappa shape index (κ1) is 13.6. The Labute approximate surface area is 120 Å². The Morgan fingerprint density at radius 1 is 1.25 bits per heavy atom. The van der Waals surface area contributed by atoms with E-state index in [0.717, 1.165) is 51.4 Å². The number of anilines is 1. The molecule has 0 saturated carbocycles. The van der Waals surface area contributed by atoms with Crippen molar-refractivity contribution in [1.82, 2.24) is 10.2 Å². The van der Waals surface area contributed by atoms with E-state index < -0.39 is 0 Å². The molecule has 0 atom stereocenters. The second-order valence-electron chi connectivity index (χ2n) is 5.62. The molecular weight excluding hydrogens is 250 g/mol. The average Bonchev–Trinajstić information content (AvgIpc) is 2.80. The maximum atomic E-state index is 11.9. The predicted octanol–water partition coefficient (Wildman–Crippen LogP) is 1.04. The van der Waals surface area contributed by atoms with Gasteiger partial charge in [0.2, 0.25) is 5.91 Å². The molecule has 4 nitrogen and oxygen atoms in total. The van der Waals surface area contributed by atoms with E-state index in [-0.39, 0.29) is 5.91 Å². The summed E-state index contributed by atoms with van der Waals surface area (Å²) < 4.78 is 0. The van der Waals surface area contributed by atoms with E-state index in [9.17, 15) is 4.79 Å². The van der Waals surface area contributed by atoms with Crippen molar-refractivity contribution in [1.29, 1.82) is 0 Å². The molecule has 1 fully saturated rings. The molecule has 2 aliphatic heterocycles. The van der Waals surface area contributed by atoms with Gasteiger partial charge in [-0.1, -0.05) is 12.1 Å². The largest absolute Gasteiger partial charge is 0.314 e. The summed E-state index contributed by atoms with van der Waals surface area (Å²) in [5.74, 6) is 0.238. The van der Waals surface area contributed by atoms with Crippen LogP contribution < -0.4 is 10.2 Å². The van der Waals surface area contributed by atoms with E-state index in [1.165, 1.54) is 11.1 Å². The predicted molar refractivity (Wildman–Crippen MR) is 81.2 cm³/mol. The van der Waals surface area contributed by atoms with E-state index in [1.54, 1.807) is 0 Å². The minimum absolute atomic E-state index is 0.238. The topological polar surface area (TPSA) is 35.6 Å². The van der Waals surface area contributed by atoms with Gasteiger partial charge in [-0.3, -0.25) is 4.79 Å². The number of benzene rings is 1. The molecule has 0 aromatic heterocycles. The first-order valence-electron chi connectivity index (χ1n) is 7.63. The molecule has 1 saturated heterocycles. The van der Waals surface area contributed by atoms with Crippen LogP contribution in [0.4, 0.5) is 5.69 Å². The molecule has 2 aliphatic rings. The summed E-state index contributed by atoms with van der Waals surface area (Å²) in [4.78, 5) is 16.3. The smallest absolute Gasteiger partial charge is 0.231 e. The molecule has 20 heavy (non-hydrogen) atoms. The lowest BCUT2D eigenvalue weighted by Crippen LogP contribution is -2.44. The number of piperazine rings is 1. The van der Waals surface area contributed by atoms with Crippen LogP contribution in [-0.2, 0) is 17.6 Å². The lowest BCUT2D eigenvalue weighted by molar-refractivity contribution is -0.117. The molecule has 0 bridgehead atoms. The Bertz CT molecular complexity index is 494. The van der Waals surface area contributed by atoms with Gasteiger partial charge in [0.25, 0.3) is 0 Å². The van der Waals surface area contributed by atoms with E-state index in [0.29, 0.717) is 6.42 Å². The third kappa shape index (κ3) is 2.72. The van der Waals surface area contributed by atoms with Crippen LogP contribution in [0.5, 0.6) is 0 Å². The van der Waals surface area contributed by atoms with Crippen LogP contribution in [0.2, 0.25) is 0 Å². The zero-order valence-electron chi connectivity index (χ0n) is 12.2. The van der Waals surface area contributed by atoms with Gasteiger partial charge in [0, 0.05) is 45.0 Å². The molecular formula is C16H23N3O. The molecule has 0 radical (unpaired) electrons. The molecule has 0 unspecified atom stereocenters. The molecule has 1 amide bonds. The van der Waals surface area contributed by atoms with Crippen LogP contribution in [0.1, 0.15) is 18.1 Å². The summed E-state index contributed by atoms with van der Waals surface area (Å²) >= 11 is 0. The average molecular weight is 273 g/mol. The van der Waals surface area contributed by atoms with Crippen molar-refractivity contribution in [2.24, 2.45) is 0 Å².